The summed E-state index contributed by atoms with van der Waals surface area (Å²) in [6, 6.07) is 21.4. The van der Waals surface area contributed by atoms with E-state index in [-0.39, 0.29) is 5.97 Å². The van der Waals surface area contributed by atoms with E-state index in [4.69, 9.17) is 4.74 Å². The van der Waals surface area contributed by atoms with Crippen LogP contribution in [0.1, 0.15) is 22.8 Å². The molecule has 1 heterocycles. The maximum absolute atomic E-state index is 12.3. The van der Waals surface area contributed by atoms with Crippen molar-refractivity contribution in [2.24, 2.45) is 0 Å². The van der Waals surface area contributed by atoms with Crippen molar-refractivity contribution in [1.82, 2.24) is 4.98 Å². The van der Waals surface area contributed by atoms with Crippen LogP contribution >= 0.6 is 0 Å². The fraction of sp³-hybridized carbons (Fsp3) is 0.143. The molecule has 4 heteroatoms. The molecule has 0 fully saturated rings. The van der Waals surface area contributed by atoms with Gasteiger partial charge in [0, 0.05) is 11.3 Å². The third-order valence-corrected chi connectivity index (χ3v) is 3.77. The summed E-state index contributed by atoms with van der Waals surface area (Å²) in [6.07, 6.45) is 0. The van der Waals surface area contributed by atoms with Gasteiger partial charge in [-0.05, 0) is 38.1 Å². The highest BCUT2D eigenvalue weighted by Crippen LogP contribution is 2.25. The van der Waals surface area contributed by atoms with Crippen LogP contribution in [0.5, 0.6) is 0 Å². The Morgan fingerprint density at radius 2 is 1.72 bits per heavy atom. The van der Waals surface area contributed by atoms with Crippen LogP contribution in [0.4, 0.5) is 11.5 Å². The van der Waals surface area contributed by atoms with Crippen molar-refractivity contribution in [2.45, 2.75) is 13.8 Å². The lowest BCUT2D eigenvalue weighted by atomic mass is 10.1. The number of hydrogen-bond donors (Lipinski definition) is 1. The maximum Gasteiger partial charge on any atom is 0.341 e. The van der Waals surface area contributed by atoms with Crippen LogP contribution in [0.25, 0.3) is 11.3 Å². The molecule has 0 atom stereocenters. The first-order chi connectivity index (χ1) is 12.2. The molecule has 0 bridgehead atoms. The highest BCUT2D eigenvalue weighted by Gasteiger charge is 2.15. The molecule has 0 unspecified atom stereocenters. The van der Waals surface area contributed by atoms with E-state index in [2.05, 4.69) is 10.3 Å². The number of nitrogens with zero attached hydrogens (tertiary/aromatic N) is 1. The molecule has 3 aromatic rings. The van der Waals surface area contributed by atoms with Gasteiger partial charge in [0.2, 0.25) is 0 Å². The standard InChI is InChI=1S/C21H20N2O2/c1-3-25-21(24)18-13-14-19(16-7-5-4-6-8-16)23-20(18)22-17-11-9-15(2)10-12-17/h4-14H,3H2,1-2H3,(H,22,23). The third-order valence-electron chi connectivity index (χ3n) is 3.77. The second-order valence-electron chi connectivity index (χ2n) is 5.67. The molecule has 0 saturated carbocycles. The Balaban J connectivity index is 2.01. The average Bonchev–Trinajstić information content (AvgIpc) is 2.64. The lowest BCUT2D eigenvalue weighted by Gasteiger charge is -2.12. The Bertz CT molecular complexity index is 859. The normalized spacial score (nSPS) is 10.3. The molecule has 2 aromatic carbocycles. The number of aryl methyl sites for hydroxylation is 1. The van der Waals surface area contributed by atoms with Crippen molar-refractivity contribution in [1.29, 1.82) is 0 Å². The number of benzene rings is 2. The summed E-state index contributed by atoms with van der Waals surface area (Å²) in [5, 5.41) is 3.24. The van der Waals surface area contributed by atoms with Crippen LogP contribution in [-0.4, -0.2) is 17.6 Å². The Labute approximate surface area is 147 Å². The summed E-state index contributed by atoms with van der Waals surface area (Å²) < 4.78 is 5.15. The van der Waals surface area contributed by atoms with E-state index in [1.807, 2.05) is 67.6 Å². The molecule has 0 spiro atoms. The van der Waals surface area contributed by atoms with Crippen LogP contribution in [0.3, 0.4) is 0 Å². The summed E-state index contributed by atoms with van der Waals surface area (Å²) in [5.74, 6) is 0.105. The number of ether oxygens (including phenoxy) is 1. The topological polar surface area (TPSA) is 51.2 Å². The predicted octanol–water partition coefficient (Wildman–Crippen LogP) is 4.98. The predicted molar refractivity (Wildman–Crippen MR) is 100 cm³/mol. The lowest BCUT2D eigenvalue weighted by Crippen LogP contribution is -2.09. The van der Waals surface area contributed by atoms with Crippen molar-refractivity contribution >= 4 is 17.5 Å². The molecule has 0 radical (unpaired) electrons. The largest absolute Gasteiger partial charge is 0.462 e. The number of esters is 1. The van der Waals surface area contributed by atoms with Gasteiger partial charge >= 0.3 is 5.97 Å². The van der Waals surface area contributed by atoms with Crippen molar-refractivity contribution in [3.8, 4) is 11.3 Å². The van der Waals surface area contributed by atoms with E-state index in [0.29, 0.717) is 18.0 Å². The summed E-state index contributed by atoms with van der Waals surface area (Å²) in [4.78, 5) is 16.9. The first kappa shape index (κ1) is 16.7. The van der Waals surface area contributed by atoms with Gasteiger partial charge < -0.3 is 10.1 Å². The number of hydrogen-bond acceptors (Lipinski definition) is 4. The molecular formula is C21H20N2O2. The zero-order chi connectivity index (χ0) is 17.6. The number of carbonyl (C=O) groups excluding carboxylic acids is 1. The molecule has 3 rings (SSSR count). The van der Waals surface area contributed by atoms with Crippen molar-refractivity contribution in [3.63, 3.8) is 0 Å². The maximum atomic E-state index is 12.3. The van der Waals surface area contributed by atoms with Gasteiger partial charge in [0.1, 0.15) is 11.4 Å². The third kappa shape index (κ3) is 4.04. The Kier molecular flexibility index (Phi) is 5.09. The fourth-order valence-electron chi connectivity index (χ4n) is 2.47. The van der Waals surface area contributed by atoms with Gasteiger partial charge in [-0.2, -0.15) is 0 Å². The Morgan fingerprint density at radius 3 is 2.40 bits per heavy atom. The van der Waals surface area contributed by atoms with Crippen LogP contribution in [-0.2, 0) is 4.74 Å². The van der Waals surface area contributed by atoms with Gasteiger partial charge in [-0.3, -0.25) is 0 Å². The molecule has 0 aliphatic heterocycles. The molecule has 126 valence electrons. The highest BCUT2D eigenvalue weighted by molar-refractivity contribution is 5.96. The van der Waals surface area contributed by atoms with E-state index in [1.54, 1.807) is 13.0 Å². The minimum atomic E-state index is -0.385. The highest BCUT2D eigenvalue weighted by atomic mass is 16.5. The minimum absolute atomic E-state index is 0.323. The van der Waals surface area contributed by atoms with Crippen molar-refractivity contribution < 1.29 is 9.53 Å². The van der Waals surface area contributed by atoms with Crippen molar-refractivity contribution in [3.05, 3.63) is 77.9 Å². The SMILES string of the molecule is CCOC(=O)c1ccc(-c2ccccc2)nc1Nc1ccc(C)cc1. The summed E-state index contributed by atoms with van der Waals surface area (Å²) in [5.41, 5.74) is 4.24. The summed E-state index contributed by atoms with van der Waals surface area (Å²) >= 11 is 0. The van der Waals surface area contributed by atoms with Crippen LogP contribution in [0, 0.1) is 6.92 Å². The first-order valence-electron chi connectivity index (χ1n) is 8.24. The molecule has 0 saturated heterocycles. The molecule has 1 aromatic heterocycles. The number of nitrogens with one attached hydrogen (secondary N) is 1. The fourth-order valence-corrected chi connectivity index (χ4v) is 2.47. The van der Waals surface area contributed by atoms with Gasteiger partial charge in [-0.1, -0.05) is 48.0 Å². The van der Waals surface area contributed by atoms with Gasteiger partial charge in [-0.15, -0.1) is 0 Å². The van der Waals surface area contributed by atoms with Crippen molar-refractivity contribution in [2.75, 3.05) is 11.9 Å². The average molecular weight is 332 g/mol. The quantitative estimate of drug-likeness (QED) is 0.670. The monoisotopic (exact) mass is 332 g/mol. The number of carbonyl (C=O) groups is 1. The molecule has 0 aliphatic carbocycles. The Hall–Kier alpha value is -3.14. The summed E-state index contributed by atoms with van der Waals surface area (Å²) in [6.45, 7) is 4.14. The number of pyridine rings is 1. The second kappa shape index (κ2) is 7.62. The molecule has 25 heavy (non-hydrogen) atoms. The number of anilines is 2. The van der Waals surface area contributed by atoms with E-state index >= 15 is 0 Å². The lowest BCUT2D eigenvalue weighted by molar-refractivity contribution is 0.0527. The van der Waals surface area contributed by atoms with E-state index in [0.717, 1.165) is 16.9 Å². The summed E-state index contributed by atoms with van der Waals surface area (Å²) in [7, 11) is 0. The smallest absolute Gasteiger partial charge is 0.341 e. The van der Waals surface area contributed by atoms with Gasteiger partial charge in [0.15, 0.2) is 0 Å². The first-order valence-corrected chi connectivity index (χ1v) is 8.24. The second-order valence-corrected chi connectivity index (χ2v) is 5.67. The van der Waals surface area contributed by atoms with Crippen LogP contribution in [0.2, 0.25) is 0 Å². The number of rotatable bonds is 5. The van der Waals surface area contributed by atoms with Crippen LogP contribution in [0.15, 0.2) is 66.7 Å². The van der Waals surface area contributed by atoms with Gasteiger partial charge in [0.05, 0.1) is 12.3 Å². The molecule has 1 N–H and O–H groups in total. The molecule has 4 nitrogen and oxygen atoms in total. The van der Waals surface area contributed by atoms with Crippen LogP contribution < -0.4 is 5.32 Å². The zero-order valence-electron chi connectivity index (χ0n) is 14.3. The molecule has 0 aliphatic rings. The number of aromatic nitrogens is 1. The molecule has 0 amide bonds. The zero-order valence-corrected chi connectivity index (χ0v) is 14.3. The minimum Gasteiger partial charge on any atom is -0.462 e. The van der Waals surface area contributed by atoms with E-state index in [9.17, 15) is 4.79 Å². The molecular weight excluding hydrogens is 312 g/mol. The van der Waals surface area contributed by atoms with E-state index in [1.165, 1.54) is 5.56 Å². The van der Waals surface area contributed by atoms with Gasteiger partial charge in [-0.25, -0.2) is 9.78 Å². The van der Waals surface area contributed by atoms with E-state index < -0.39 is 0 Å². The van der Waals surface area contributed by atoms with Gasteiger partial charge in [0.25, 0.3) is 0 Å². The Morgan fingerprint density at radius 1 is 1.00 bits per heavy atom.